The highest BCUT2D eigenvalue weighted by Gasteiger charge is 2.24. The number of rotatable bonds is 21. The van der Waals surface area contributed by atoms with Crippen LogP contribution in [0.25, 0.3) is 33.4 Å². The van der Waals surface area contributed by atoms with E-state index >= 15 is 0 Å². The van der Waals surface area contributed by atoms with Gasteiger partial charge in [-0.3, -0.25) is 28.2 Å². The Labute approximate surface area is 313 Å². The Morgan fingerprint density at radius 3 is 2.44 bits per heavy atom. The highest BCUT2D eigenvalue weighted by atomic mass is 31.2. The molecule has 1 aliphatic heterocycles. The lowest BCUT2D eigenvalue weighted by molar-refractivity contribution is -0.153. The maximum absolute atomic E-state index is 13.5. The van der Waals surface area contributed by atoms with Crippen LogP contribution in [0.3, 0.4) is 0 Å². The molecule has 1 heterocycles. The van der Waals surface area contributed by atoms with Crippen molar-refractivity contribution in [3.05, 3.63) is 65.5 Å². The van der Waals surface area contributed by atoms with Crippen molar-refractivity contribution in [1.82, 2.24) is 4.58 Å². The normalized spacial score (nSPS) is 12.9. The van der Waals surface area contributed by atoms with Crippen LogP contribution in [0.5, 0.6) is 5.75 Å². The van der Waals surface area contributed by atoms with Crippen molar-refractivity contribution in [2.45, 2.75) is 44.6 Å². The zero-order valence-corrected chi connectivity index (χ0v) is 32.0. The molecule has 290 valence electrons. The highest BCUT2D eigenvalue weighted by Crippen LogP contribution is 2.44. The number of nitrogens with zero attached hydrogens (tertiary/aromatic N) is 2. The summed E-state index contributed by atoms with van der Waals surface area (Å²) in [5.41, 5.74) is 9.17. The molecule has 4 rings (SSSR count). The van der Waals surface area contributed by atoms with Crippen molar-refractivity contribution in [3.8, 4) is 28.2 Å². The fourth-order valence-corrected chi connectivity index (χ4v) is 6.06. The quantitative estimate of drug-likeness (QED) is 0.0228. The van der Waals surface area contributed by atoms with E-state index in [2.05, 4.69) is 4.52 Å². The van der Waals surface area contributed by atoms with Crippen LogP contribution in [-0.2, 0) is 37.5 Å². The molecule has 0 fully saturated rings. The third kappa shape index (κ3) is 11.5. The number of esters is 1. The summed E-state index contributed by atoms with van der Waals surface area (Å²) in [6.45, 7) is 0.272. The molecule has 2 unspecified atom stereocenters. The van der Waals surface area contributed by atoms with Crippen LogP contribution >= 0.6 is 7.82 Å². The van der Waals surface area contributed by atoms with Gasteiger partial charge in [-0.15, -0.1) is 0 Å². The van der Waals surface area contributed by atoms with Gasteiger partial charge in [0.15, 0.2) is 5.78 Å². The number of carbonyl (C=O) groups is 4. The van der Waals surface area contributed by atoms with Gasteiger partial charge in [-0.1, -0.05) is 0 Å². The molecule has 16 heteroatoms. The molecule has 15 nitrogen and oxygen atoms in total. The van der Waals surface area contributed by atoms with Crippen molar-refractivity contribution in [1.29, 1.82) is 0 Å². The van der Waals surface area contributed by atoms with Crippen molar-refractivity contribution in [2.75, 3.05) is 60.0 Å². The number of nitrogens with two attached hydrogens (primary N) is 1. The molecule has 2 atom stereocenters. The standard InChI is InChI=1S/C38H46N3O12P/c1-40(2)26-10-12-29-34(21-26)53-35-22-27(41(3)4)11-13-30(35)38(29)31-20-25(9-14-33(31)50-24-42)32(43)8-6-7-18-49-23-28(17-19-51-54(46,47)48-5)52-37(45)16-15-36(39)44/h9-14,20-22,24,28H,6-8,15-19,23H2,1-5H3,(H2-,39,44,46,47)/p+1. The number of unbranched alkanes of at least 4 members (excludes halogenated alkanes) is 1. The van der Waals surface area contributed by atoms with Crippen LogP contribution in [0.1, 0.15) is 48.9 Å². The molecule has 0 spiro atoms. The Kier molecular flexibility index (Phi) is 15.0. The van der Waals surface area contributed by atoms with Gasteiger partial charge in [0.05, 0.1) is 25.7 Å². The number of Topliss-reactive ketones (excluding diaryl/α,β-unsaturated/α-hetero) is 1. The molecule has 0 aromatic heterocycles. The van der Waals surface area contributed by atoms with E-state index in [9.17, 15) is 28.6 Å². The van der Waals surface area contributed by atoms with Crippen LogP contribution in [0.15, 0.2) is 59.0 Å². The molecule has 2 aliphatic rings. The summed E-state index contributed by atoms with van der Waals surface area (Å²) in [7, 11) is 4.55. The summed E-state index contributed by atoms with van der Waals surface area (Å²) < 4.78 is 45.7. The van der Waals surface area contributed by atoms with E-state index < -0.39 is 25.8 Å². The third-order valence-corrected chi connectivity index (χ3v) is 9.48. The highest BCUT2D eigenvalue weighted by molar-refractivity contribution is 7.47. The van der Waals surface area contributed by atoms with E-state index in [4.69, 9.17) is 28.9 Å². The number of hydrogen-bond acceptors (Lipinski definition) is 12. The number of benzene rings is 3. The SMILES string of the molecule is COP(=O)(O)OCCC(COCCCCC(=O)c1ccc(OC=O)c(-c2c3ccc(=[N+](C)C)cc-3oc3cc(N(C)C)ccc23)c1)OC(=O)CCC(N)=O. The maximum atomic E-state index is 13.5. The second-order valence-electron chi connectivity index (χ2n) is 12.9. The first-order valence-electron chi connectivity index (χ1n) is 17.3. The number of phosphoric ester groups is 1. The fraction of sp³-hybridized carbons (Fsp3) is 0.395. The number of fused-ring (bicyclic) bond motifs is 2. The molecule has 2 aromatic rings. The second kappa shape index (κ2) is 19.4. The molecule has 54 heavy (non-hydrogen) atoms. The lowest BCUT2D eigenvalue weighted by Gasteiger charge is -2.19. The molecular formula is C38H47N3O12P+. The number of primary amides is 1. The minimum atomic E-state index is -4.23. The molecule has 3 N–H and O–H groups in total. The van der Waals surface area contributed by atoms with Crippen molar-refractivity contribution in [2.24, 2.45) is 5.73 Å². The number of amides is 1. The topological polar surface area (TPSA) is 197 Å². The molecular weight excluding hydrogens is 721 g/mol. The zero-order valence-electron chi connectivity index (χ0n) is 31.1. The average Bonchev–Trinajstić information content (AvgIpc) is 3.13. The maximum Gasteiger partial charge on any atom is 0.471 e. The Morgan fingerprint density at radius 1 is 0.981 bits per heavy atom. The van der Waals surface area contributed by atoms with Gasteiger partial charge in [-0.25, -0.2) is 9.14 Å². The molecule has 2 aromatic carbocycles. The zero-order chi connectivity index (χ0) is 39.4. The number of anilines is 1. The van der Waals surface area contributed by atoms with E-state index in [0.717, 1.165) is 34.7 Å². The average molecular weight is 769 g/mol. The Morgan fingerprint density at radius 2 is 1.76 bits per heavy atom. The molecule has 0 saturated carbocycles. The predicted molar refractivity (Wildman–Crippen MR) is 201 cm³/mol. The summed E-state index contributed by atoms with van der Waals surface area (Å²) in [6, 6.07) is 16.7. The van der Waals surface area contributed by atoms with Crippen LogP contribution in [0, 0.1) is 0 Å². The van der Waals surface area contributed by atoms with Crippen LogP contribution in [0.4, 0.5) is 5.69 Å². The smallest absolute Gasteiger partial charge is 0.460 e. The van der Waals surface area contributed by atoms with Gasteiger partial charge in [-0.05, 0) is 49.2 Å². The van der Waals surface area contributed by atoms with E-state index in [1.54, 1.807) is 18.2 Å². The van der Waals surface area contributed by atoms with Gasteiger partial charge in [-0.2, -0.15) is 0 Å². The Hall–Kier alpha value is -4.92. The van der Waals surface area contributed by atoms with E-state index in [1.807, 2.05) is 74.1 Å². The Bertz CT molecular complexity index is 2060. The minimum Gasteiger partial charge on any atom is -0.460 e. The largest absolute Gasteiger partial charge is 0.471 e. The monoisotopic (exact) mass is 768 g/mol. The van der Waals surface area contributed by atoms with Gasteiger partial charge in [0.25, 0.3) is 6.47 Å². The molecule has 0 bridgehead atoms. The predicted octanol–water partition coefficient (Wildman–Crippen LogP) is 4.54. The molecule has 1 amide bonds. The van der Waals surface area contributed by atoms with E-state index in [-0.39, 0.29) is 57.0 Å². The van der Waals surface area contributed by atoms with Crippen molar-refractivity contribution < 1.29 is 56.3 Å². The van der Waals surface area contributed by atoms with Gasteiger partial charge in [0.2, 0.25) is 11.3 Å². The lowest BCUT2D eigenvalue weighted by Crippen LogP contribution is -2.26. The first kappa shape index (κ1) is 41.8. The molecule has 0 saturated heterocycles. The Balaban J connectivity index is 1.49. The van der Waals surface area contributed by atoms with Gasteiger partial charge >= 0.3 is 13.8 Å². The van der Waals surface area contributed by atoms with Crippen molar-refractivity contribution in [3.63, 3.8) is 0 Å². The number of ketones is 1. The third-order valence-electron chi connectivity index (χ3n) is 8.51. The first-order valence-corrected chi connectivity index (χ1v) is 18.8. The molecule has 1 aliphatic carbocycles. The van der Waals surface area contributed by atoms with Crippen LogP contribution in [0.2, 0.25) is 0 Å². The van der Waals surface area contributed by atoms with Gasteiger partial charge in [0, 0.05) is 92.5 Å². The number of ether oxygens (including phenoxy) is 3. The second-order valence-corrected chi connectivity index (χ2v) is 14.4. The van der Waals surface area contributed by atoms with Crippen LogP contribution in [-0.4, -0.2) is 90.3 Å². The van der Waals surface area contributed by atoms with Crippen molar-refractivity contribution >= 4 is 48.6 Å². The van der Waals surface area contributed by atoms with Gasteiger partial charge < -0.3 is 34.2 Å². The van der Waals surface area contributed by atoms with E-state index in [1.165, 1.54) is 0 Å². The summed E-state index contributed by atoms with van der Waals surface area (Å²) in [6.07, 6.45) is -0.0587. The molecule has 0 radical (unpaired) electrons. The van der Waals surface area contributed by atoms with E-state index in [0.29, 0.717) is 41.8 Å². The summed E-state index contributed by atoms with van der Waals surface area (Å²) in [5, 5.41) is 1.71. The summed E-state index contributed by atoms with van der Waals surface area (Å²) in [5.74, 6) is -0.560. The first-order chi connectivity index (χ1) is 25.7. The number of phosphoric acid groups is 1. The summed E-state index contributed by atoms with van der Waals surface area (Å²) >= 11 is 0. The number of hydrogen-bond donors (Lipinski definition) is 2. The number of carbonyl (C=O) groups excluding carboxylic acids is 4. The minimum absolute atomic E-state index is 0.0224. The lowest BCUT2D eigenvalue weighted by atomic mass is 9.91. The van der Waals surface area contributed by atoms with Crippen LogP contribution < -0.4 is 25.3 Å². The van der Waals surface area contributed by atoms with Gasteiger partial charge in [0.1, 0.15) is 37.3 Å². The summed E-state index contributed by atoms with van der Waals surface area (Å²) in [4.78, 5) is 59.8. The fourth-order valence-electron chi connectivity index (χ4n) is 5.61.